The molecule has 12 heavy (non-hydrogen) atoms. The molecule has 0 aliphatic rings. The molecule has 2 rings (SSSR count). The molecule has 0 fully saturated rings. The van der Waals surface area contributed by atoms with E-state index in [1.54, 1.807) is 0 Å². The van der Waals surface area contributed by atoms with Crippen LogP contribution in [0.5, 0.6) is 0 Å². The average Bonchev–Trinajstić information content (AvgIpc) is 2.34. The van der Waals surface area contributed by atoms with Crippen LogP contribution in [0.4, 0.5) is 5.82 Å². The fraction of sp³-hybridized carbons (Fsp3) is 0. The fourth-order valence-electron chi connectivity index (χ4n) is 0.787. The van der Waals surface area contributed by atoms with Gasteiger partial charge in [0, 0.05) is 11.2 Å². The minimum atomic E-state index is 0. The number of nitrogen functional groups attached to an aromatic ring is 1. The van der Waals surface area contributed by atoms with Gasteiger partial charge in [-0.3, -0.25) is 0 Å². The zero-order valence-electron chi connectivity index (χ0n) is 6.03. The van der Waals surface area contributed by atoms with E-state index in [4.69, 9.17) is 17.3 Å². The Hall–Kier alpha value is -2.36. The van der Waals surface area contributed by atoms with Crippen molar-refractivity contribution in [2.75, 3.05) is 5.73 Å². The van der Waals surface area contributed by atoms with Crippen LogP contribution in [0.1, 0.15) is 0 Å². The standard InChI is InChI=1S/C5H3ClN5.Rf/c6-5-10-3(7)2-4(11-5)9-1-8-2;/h1H,(H2-,7,8,9,10,11);/q-1;. The summed E-state index contributed by atoms with van der Waals surface area (Å²) in [5.74, 6) is 0.262. The van der Waals surface area contributed by atoms with Crippen LogP contribution in [0.3, 0.4) is 0 Å². The van der Waals surface area contributed by atoms with E-state index in [1.165, 1.54) is 6.33 Å². The van der Waals surface area contributed by atoms with Gasteiger partial charge in [-0.2, -0.15) is 0 Å². The van der Waals surface area contributed by atoms with Crippen molar-refractivity contribution < 1.29 is 0 Å². The average molecular weight is 436 g/mol. The summed E-state index contributed by atoms with van der Waals surface area (Å²) >= 11 is 5.51. The first-order chi connectivity index (χ1) is 5.27. The summed E-state index contributed by atoms with van der Waals surface area (Å²) in [6.45, 7) is 0. The van der Waals surface area contributed by atoms with E-state index in [0.29, 0.717) is 11.2 Å². The molecule has 0 atom stereocenters. The number of rotatable bonds is 0. The van der Waals surface area contributed by atoms with Crippen molar-refractivity contribution in [2.24, 2.45) is 0 Å². The van der Waals surface area contributed by atoms with Crippen molar-refractivity contribution in [2.45, 2.75) is 0 Å². The van der Waals surface area contributed by atoms with E-state index in [1.807, 2.05) is 0 Å². The first kappa shape index (κ1) is 7.74. The molecule has 7 heteroatoms. The number of halogens is 1. The Balaban J connectivity index is 0.000000720. The second-order valence-electron chi connectivity index (χ2n) is 1.92. The topological polar surface area (TPSA) is 78.8 Å². The van der Waals surface area contributed by atoms with E-state index in [2.05, 4.69) is 19.9 Å². The van der Waals surface area contributed by atoms with Crippen molar-refractivity contribution in [1.82, 2.24) is 19.9 Å². The third-order valence-corrected chi connectivity index (χ3v) is 1.40. The zero-order valence-corrected chi connectivity index (χ0v) is 13.2. The van der Waals surface area contributed by atoms with Crippen LogP contribution in [0.15, 0.2) is 6.33 Å². The maximum Gasteiger partial charge on any atom is 0.154 e. The van der Waals surface area contributed by atoms with E-state index >= 15 is 0 Å². The van der Waals surface area contributed by atoms with Gasteiger partial charge in [0.1, 0.15) is 5.82 Å². The molecule has 2 N–H and O–H groups in total. The first-order valence-corrected chi connectivity index (χ1v) is 3.21. The first-order valence-electron chi connectivity index (χ1n) is 2.84. The quantitative estimate of drug-likeness (QED) is 0.599. The molecular formula is C5H3ClN5Rf-. The third kappa shape index (κ3) is 0.873. The van der Waals surface area contributed by atoms with Gasteiger partial charge in [0.25, 0.3) is 0 Å². The molecule has 0 saturated carbocycles. The number of anilines is 1. The number of nitrogens with two attached hydrogens (primary N) is 1. The second-order valence-corrected chi connectivity index (χ2v) is 2.26. The third-order valence-electron chi connectivity index (χ3n) is 1.23. The summed E-state index contributed by atoms with van der Waals surface area (Å²) in [5, 5.41) is 0.0931. The van der Waals surface area contributed by atoms with Crippen molar-refractivity contribution in [3.05, 3.63) is 11.6 Å². The second kappa shape index (κ2) is 2.35. The molecule has 0 aromatic carbocycles. The SMILES string of the molecule is Nc1nc(Cl)nc2[n-]cnc12.[Rf]. The van der Waals surface area contributed by atoms with Crippen molar-refractivity contribution in [3.8, 4) is 0 Å². The van der Waals surface area contributed by atoms with Crippen LogP contribution in [0.25, 0.3) is 11.2 Å². The summed E-state index contributed by atoms with van der Waals surface area (Å²) < 4.78 is 0. The summed E-state index contributed by atoms with van der Waals surface area (Å²) in [4.78, 5) is 15.2. The molecule has 5 nitrogen and oxygen atoms in total. The minimum absolute atomic E-state index is 0. The van der Waals surface area contributed by atoms with Crippen molar-refractivity contribution in [3.63, 3.8) is 0 Å². The number of fused-ring (bicyclic) bond motifs is 1. The van der Waals surface area contributed by atoms with E-state index in [-0.39, 0.29) is 11.1 Å². The number of aromatic nitrogens is 4. The van der Waals surface area contributed by atoms with Crippen molar-refractivity contribution in [1.29, 1.82) is 0 Å². The van der Waals surface area contributed by atoms with Gasteiger partial charge in [0.2, 0.25) is 0 Å². The molecule has 0 saturated heterocycles. The van der Waals surface area contributed by atoms with Crippen molar-refractivity contribution >= 4 is 28.6 Å². The van der Waals surface area contributed by atoms with E-state index in [9.17, 15) is 0 Å². The molecule has 2 aromatic heterocycles. The van der Waals surface area contributed by atoms with Crippen LogP contribution >= 0.6 is 11.6 Å². The monoisotopic (exact) mass is 435 g/mol. The summed E-state index contributed by atoms with van der Waals surface area (Å²) in [6, 6.07) is 0. The zero-order chi connectivity index (χ0) is 7.84. The van der Waals surface area contributed by atoms with Gasteiger partial charge >= 0.3 is 0 Å². The normalized spacial score (nSPS) is 9.75. The molecule has 0 radical (unpaired) electrons. The summed E-state index contributed by atoms with van der Waals surface area (Å²) in [6.07, 6.45) is 1.37. The molecule has 0 unspecified atom stereocenters. The predicted molar refractivity (Wildman–Crippen MR) is 40.1 cm³/mol. The van der Waals surface area contributed by atoms with Gasteiger partial charge in [-0.25, -0.2) is 4.98 Å². The van der Waals surface area contributed by atoms with Crippen LogP contribution in [-0.2, 0) is 0 Å². The molecule has 0 aliphatic carbocycles. The van der Waals surface area contributed by atoms with Crippen LogP contribution in [0.2, 0.25) is 5.28 Å². The molecule has 0 amide bonds. The smallest absolute Gasteiger partial charge is 0.154 e. The Morgan fingerprint density at radius 2 is 2.17 bits per heavy atom. The summed E-state index contributed by atoms with van der Waals surface area (Å²) in [7, 11) is 0. The fourth-order valence-corrected chi connectivity index (χ4v) is 0.959. The molecule has 2 heterocycles. The number of imidazole rings is 1. The Labute approximate surface area is 66.6 Å². The molecule has 0 aliphatic heterocycles. The predicted octanol–water partition coefficient (Wildman–Crippen LogP) is 0.218. The number of nitrogens with zero attached hydrogens (tertiary/aromatic N) is 4. The van der Waals surface area contributed by atoms with Crippen LogP contribution in [0, 0.1) is 0 Å². The molecule has 2 aromatic rings. The van der Waals surface area contributed by atoms with Gasteiger partial charge in [0.05, 0.1) is 0 Å². The Morgan fingerprint density at radius 3 is 2.92 bits per heavy atom. The maximum absolute atomic E-state index is 5.51. The van der Waals surface area contributed by atoms with E-state index in [0.717, 1.165) is 0 Å². The van der Waals surface area contributed by atoms with E-state index < -0.39 is 0 Å². The molecular weight excluding hydrogens is 433 g/mol. The van der Waals surface area contributed by atoms with Gasteiger partial charge in [-0.1, -0.05) is 11.6 Å². The van der Waals surface area contributed by atoms with Crippen LogP contribution < -0.4 is 10.7 Å². The number of hydrogen-bond acceptors (Lipinski definition) is 4. The minimum Gasteiger partial charge on any atom is -0.383 e. The number of hydrogen-bond donors (Lipinski definition) is 1. The van der Waals surface area contributed by atoms with Crippen LogP contribution in [-0.4, -0.2) is 15.0 Å². The van der Waals surface area contributed by atoms with Gasteiger partial charge < -0.3 is 20.7 Å². The molecule has 0 spiro atoms. The molecule has 58 valence electrons. The van der Waals surface area contributed by atoms with Gasteiger partial charge in [0.15, 0.2) is 5.28 Å². The molecule has 0 bridgehead atoms. The Bertz CT molecular complexity index is 400. The maximum atomic E-state index is 5.51. The summed E-state index contributed by atoms with van der Waals surface area (Å²) in [5.41, 5.74) is 6.39. The van der Waals surface area contributed by atoms with Gasteiger partial charge in [-0.05, 0) is 6.33 Å². The Morgan fingerprint density at radius 1 is 1.42 bits per heavy atom. The van der Waals surface area contributed by atoms with Gasteiger partial charge in [-0.15, -0.1) is 0 Å². The Kier molecular flexibility index (Phi) is 1.52. The largest absolute Gasteiger partial charge is 0.383 e.